The maximum Gasteiger partial charge on any atom is 0.251 e. The van der Waals surface area contributed by atoms with Gasteiger partial charge in [-0.25, -0.2) is 4.68 Å². The van der Waals surface area contributed by atoms with Gasteiger partial charge in [-0.05, 0) is 30.5 Å². The molecule has 6 heteroatoms. The van der Waals surface area contributed by atoms with Crippen LogP contribution in [0.2, 0.25) is 0 Å². The van der Waals surface area contributed by atoms with Crippen LogP contribution >= 0.6 is 0 Å². The van der Waals surface area contributed by atoms with E-state index in [4.69, 9.17) is 5.11 Å². The number of carbonyl (C=O) groups excluding carboxylic acids is 1. The summed E-state index contributed by atoms with van der Waals surface area (Å²) in [6.45, 7) is 2.78. The molecule has 0 aliphatic carbocycles. The fraction of sp³-hybridized carbons (Fsp3) is 0.400. The highest BCUT2D eigenvalue weighted by molar-refractivity contribution is 5.94. The molecular weight excluding hydrogens is 268 g/mol. The zero-order valence-corrected chi connectivity index (χ0v) is 12.1. The van der Waals surface area contributed by atoms with Crippen molar-refractivity contribution in [1.29, 1.82) is 0 Å². The Morgan fingerprint density at radius 2 is 2.33 bits per heavy atom. The van der Waals surface area contributed by atoms with Gasteiger partial charge in [0.2, 0.25) is 0 Å². The highest BCUT2D eigenvalue weighted by Crippen LogP contribution is 2.10. The van der Waals surface area contributed by atoms with Crippen LogP contribution < -0.4 is 5.32 Å². The van der Waals surface area contributed by atoms with E-state index in [2.05, 4.69) is 22.6 Å². The molecule has 0 spiro atoms. The third-order valence-electron chi connectivity index (χ3n) is 3.46. The standard InChI is InChI=1S/C15H20N4O2/c1-2-12(6-9-20)11-16-15(21)13-4-3-5-14(10-13)19-8-7-17-18-19/h3-5,7-8,10,12,20H,2,6,9,11H2,1H3,(H,16,21). The minimum absolute atomic E-state index is 0.117. The van der Waals surface area contributed by atoms with Crippen molar-refractivity contribution in [2.45, 2.75) is 19.8 Å². The summed E-state index contributed by atoms with van der Waals surface area (Å²) in [5.41, 5.74) is 1.38. The molecule has 0 saturated heterocycles. The average molecular weight is 288 g/mol. The summed E-state index contributed by atoms with van der Waals surface area (Å²) in [6, 6.07) is 7.22. The van der Waals surface area contributed by atoms with Gasteiger partial charge in [0.1, 0.15) is 0 Å². The first kappa shape index (κ1) is 15.2. The number of nitrogens with one attached hydrogen (secondary N) is 1. The zero-order valence-electron chi connectivity index (χ0n) is 12.1. The third-order valence-corrected chi connectivity index (χ3v) is 3.46. The maximum atomic E-state index is 12.2. The van der Waals surface area contributed by atoms with Gasteiger partial charge in [-0.15, -0.1) is 5.10 Å². The number of benzene rings is 1. The van der Waals surface area contributed by atoms with E-state index < -0.39 is 0 Å². The summed E-state index contributed by atoms with van der Waals surface area (Å²) in [5, 5.41) is 19.5. The molecular formula is C15H20N4O2. The minimum atomic E-state index is -0.117. The van der Waals surface area contributed by atoms with Gasteiger partial charge in [-0.2, -0.15) is 0 Å². The summed E-state index contributed by atoms with van der Waals surface area (Å²) in [5.74, 6) is 0.186. The van der Waals surface area contributed by atoms with Crippen molar-refractivity contribution < 1.29 is 9.90 Å². The van der Waals surface area contributed by atoms with E-state index in [-0.39, 0.29) is 12.5 Å². The monoisotopic (exact) mass is 288 g/mol. The van der Waals surface area contributed by atoms with Crippen LogP contribution in [0, 0.1) is 5.92 Å². The molecule has 0 radical (unpaired) electrons. The van der Waals surface area contributed by atoms with Gasteiger partial charge < -0.3 is 10.4 Å². The number of amides is 1. The van der Waals surface area contributed by atoms with Crippen molar-refractivity contribution in [2.24, 2.45) is 5.92 Å². The minimum Gasteiger partial charge on any atom is -0.396 e. The third kappa shape index (κ3) is 4.13. The molecule has 1 heterocycles. The molecule has 1 amide bonds. The molecule has 0 aliphatic heterocycles. The Morgan fingerprint density at radius 3 is 3.00 bits per heavy atom. The van der Waals surface area contributed by atoms with Crippen LogP contribution in [-0.2, 0) is 0 Å². The fourth-order valence-corrected chi connectivity index (χ4v) is 2.11. The lowest BCUT2D eigenvalue weighted by molar-refractivity contribution is 0.0943. The largest absolute Gasteiger partial charge is 0.396 e. The van der Waals surface area contributed by atoms with Crippen molar-refractivity contribution in [2.75, 3.05) is 13.2 Å². The molecule has 21 heavy (non-hydrogen) atoms. The van der Waals surface area contributed by atoms with Crippen molar-refractivity contribution in [1.82, 2.24) is 20.3 Å². The fourth-order valence-electron chi connectivity index (χ4n) is 2.11. The predicted molar refractivity (Wildman–Crippen MR) is 79.2 cm³/mol. The van der Waals surface area contributed by atoms with Crippen molar-refractivity contribution in [3.63, 3.8) is 0 Å². The molecule has 1 aromatic carbocycles. The highest BCUT2D eigenvalue weighted by Gasteiger charge is 2.10. The van der Waals surface area contributed by atoms with E-state index in [1.807, 2.05) is 12.1 Å². The molecule has 2 rings (SSSR count). The number of aromatic nitrogens is 3. The molecule has 1 unspecified atom stereocenters. The second-order valence-corrected chi connectivity index (χ2v) is 4.89. The smallest absolute Gasteiger partial charge is 0.251 e. The summed E-state index contributed by atoms with van der Waals surface area (Å²) in [4.78, 5) is 12.2. The van der Waals surface area contributed by atoms with E-state index in [0.29, 0.717) is 24.4 Å². The number of hydrogen-bond acceptors (Lipinski definition) is 4. The lowest BCUT2D eigenvalue weighted by Gasteiger charge is -2.14. The molecule has 2 aromatic rings. The van der Waals surface area contributed by atoms with Crippen molar-refractivity contribution in [3.05, 3.63) is 42.2 Å². The Morgan fingerprint density at radius 1 is 1.48 bits per heavy atom. The average Bonchev–Trinajstić information content (AvgIpc) is 3.05. The number of aliphatic hydroxyl groups is 1. The molecule has 1 atom stereocenters. The van der Waals surface area contributed by atoms with Crippen LogP contribution in [0.4, 0.5) is 0 Å². The first-order chi connectivity index (χ1) is 10.2. The predicted octanol–water partition coefficient (Wildman–Crippen LogP) is 1.41. The van der Waals surface area contributed by atoms with E-state index in [0.717, 1.165) is 12.1 Å². The van der Waals surface area contributed by atoms with Gasteiger partial charge in [0.15, 0.2) is 0 Å². The second-order valence-electron chi connectivity index (χ2n) is 4.89. The maximum absolute atomic E-state index is 12.2. The van der Waals surface area contributed by atoms with Crippen LogP contribution in [0.25, 0.3) is 5.69 Å². The molecule has 6 nitrogen and oxygen atoms in total. The molecule has 0 aliphatic rings. The molecule has 1 aromatic heterocycles. The lowest BCUT2D eigenvalue weighted by Crippen LogP contribution is -2.29. The SMILES string of the molecule is CCC(CCO)CNC(=O)c1cccc(-n2ccnn2)c1. The zero-order chi connectivity index (χ0) is 15.1. The Bertz CT molecular complexity index is 569. The Labute approximate surface area is 123 Å². The van der Waals surface area contributed by atoms with Gasteiger partial charge in [0.05, 0.1) is 18.1 Å². The quantitative estimate of drug-likeness (QED) is 0.807. The molecule has 0 saturated carbocycles. The van der Waals surface area contributed by atoms with Crippen LogP contribution in [0.1, 0.15) is 30.1 Å². The summed E-state index contributed by atoms with van der Waals surface area (Å²) >= 11 is 0. The number of carbonyl (C=O) groups is 1. The number of aliphatic hydroxyl groups excluding tert-OH is 1. The Kier molecular flexibility index (Phi) is 5.45. The van der Waals surface area contributed by atoms with Crippen LogP contribution in [0.5, 0.6) is 0 Å². The number of nitrogens with zero attached hydrogens (tertiary/aromatic N) is 3. The van der Waals surface area contributed by atoms with E-state index in [9.17, 15) is 4.79 Å². The van der Waals surface area contributed by atoms with E-state index in [1.165, 1.54) is 0 Å². The highest BCUT2D eigenvalue weighted by atomic mass is 16.3. The first-order valence-electron chi connectivity index (χ1n) is 7.10. The molecule has 2 N–H and O–H groups in total. The van der Waals surface area contributed by atoms with Gasteiger partial charge in [-0.3, -0.25) is 4.79 Å². The van der Waals surface area contributed by atoms with Crippen LogP contribution in [-0.4, -0.2) is 39.2 Å². The summed E-state index contributed by atoms with van der Waals surface area (Å²) in [7, 11) is 0. The van der Waals surface area contributed by atoms with Crippen LogP contribution in [0.15, 0.2) is 36.7 Å². The summed E-state index contributed by atoms with van der Waals surface area (Å²) in [6.07, 6.45) is 4.95. The number of hydrogen-bond donors (Lipinski definition) is 2. The summed E-state index contributed by atoms with van der Waals surface area (Å²) < 4.78 is 1.61. The lowest BCUT2D eigenvalue weighted by atomic mass is 10.0. The number of rotatable bonds is 7. The van der Waals surface area contributed by atoms with Gasteiger partial charge >= 0.3 is 0 Å². The molecule has 112 valence electrons. The Balaban J connectivity index is 2.01. The van der Waals surface area contributed by atoms with Crippen molar-refractivity contribution >= 4 is 5.91 Å². The normalized spacial score (nSPS) is 12.1. The van der Waals surface area contributed by atoms with Crippen LogP contribution in [0.3, 0.4) is 0 Å². The topological polar surface area (TPSA) is 80.0 Å². The Hall–Kier alpha value is -2.21. The van der Waals surface area contributed by atoms with Gasteiger partial charge in [0, 0.05) is 18.7 Å². The first-order valence-corrected chi connectivity index (χ1v) is 7.10. The van der Waals surface area contributed by atoms with Gasteiger partial charge in [-0.1, -0.05) is 24.6 Å². The molecule has 0 fully saturated rings. The van der Waals surface area contributed by atoms with E-state index in [1.54, 1.807) is 29.2 Å². The van der Waals surface area contributed by atoms with Gasteiger partial charge in [0.25, 0.3) is 5.91 Å². The molecule has 0 bridgehead atoms. The van der Waals surface area contributed by atoms with Crippen molar-refractivity contribution in [3.8, 4) is 5.69 Å². The second kappa shape index (κ2) is 7.54. The van der Waals surface area contributed by atoms with E-state index >= 15 is 0 Å².